The lowest BCUT2D eigenvalue weighted by Gasteiger charge is -2.29. The molecular weight excluding hydrogens is 406 g/mol. The fourth-order valence-electron chi connectivity index (χ4n) is 4.03. The molecule has 1 saturated heterocycles. The van der Waals surface area contributed by atoms with Gasteiger partial charge in [-0.1, -0.05) is 41.2 Å². The number of morpholine rings is 1. The Morgan fingerprint density at radius 1 is 1.10 bits per heavy atom. The van der Waals surface area contributed by atoms with E-state index < -0.39 is 0 Å². The molecule has 0 spiro atoms. The number of nitrogens with zero attached hydrogens (tertiary/aromatic N) is 3. The molecule has 4 rings (SSSR count). The zero-order valence-corrected chi connectivity index (χ0v) is 19.7. The van der Waals surface area contributed by atoms with Crippen LogP contribution in [0.1, 0.15) is 27.8 Å². The SMILES string of the molecule is Cc1ccc(CC(=O)N(CCN2CCOCC2)c2nc3c(C)c(C)ccc3s2)c(C)c1. The Morgan fingerprint density at radius 2 is 1.87 bits per heavy atom. The second-order valence-electron chi connectivity index (χ2n) is 8.46. The molecule has 6 heteroatoms. The molecule has 0 bridgehead atoms. The number of carbonyl (C=O) groups is 1. The fourth-order valence-corrected chi connectivity index (χ4v) is 5.09. The summed E-state index contributed by atoms with van der Waals surface area (Å²) in [6, 6.07) is 10.6. The second kappa shape index (κ2) is 9.47. The summed E-state index contributed by atoms with van der Waals surface area (Å²) in [5.41, 5.74) is 6.89. The summed E-state index contributed by atoms with van der Waals surface area (Å²) in [4.78, 5) is 22.7. The van der Waals surface area contributed by atoms with Crippen molar-refractivity contribution in [2.24, 2.45) is 0 Å². The lowest BCUT2D eigenvalue weighted by Crippen LogP contribution is -2.43. The Hall–Kier alpha value is -2.28. The molecule has 164 valence electrons. The van der Waals surface area contributed by atoms with E-state index in [0.29, 0.717) is 13.0 Å². The summed E-state index contributed by atoms with van der Waals surface area (Å²) in [6.45, 7) is 13.2. The maximum absolute atomic E-state index is 13.5. The summed E-state index contributed by atoms with van der Waals surface area (Å²) in [6.07, 6.45) is 0.392. The summed E-state index contributed by atoms with van der Waals surface area (Å²) in [5, 5.41) is 0.798. The van der Waals surface area contributed by atoms with E-state index in [2.05, 4.69) is 62.9 Å². The topological polar surface area (TPSA) is 45.7 Å². The van der Waals surface area contributed by atoms with E-state index in [1.165, 1.54) is 16.7 Å². The maximum Gasteiger partial charge on any atom is 0.233 e. The molecule has 0 saturated carbocycles. The molecule has 1 aliphatic rings. The van der Waals surface area contributed by atoms with Gasteiger partial charge in [-0.15, -0.1) is 0 Å². The summed E-state index contributed by atoms with van der Waals surface area (Å²) >= 11 is 1.61. The van der Waals surface area contributed by atoms with Crippen molar-refractivity contribution >= 4 is 32.6 Å². The van der Waals surface area contributed by atoms with Crippen LogP contribution in [0, 0.1) is 27.7 Å². The third kappa shape index (κ3) is 4.97. The molecule has 1 fully saturated rings. The first-order chi connectivity index (χ1) is 14.9. The third-order valence-electron chi connectivity index (χ3n) is 6.19. The molecule has 0 aliphatic carbocycles. The van der Waals surface area contributed by atoms with E-state index in [0.717, 1.165) is 59.3 Å². The highest BCUT2D eigenvalue weighted by atomic mass is 32.1. The molecule has 0 atom stereocenters. The quantitative estimate of drug-likeness (QED) is 0.572. The number of anilines is 1. The smallest absolute Gasteiger partial charge is 0.233 e. The number of hydrogen-bond donors (Lipinski definition) is 0. The van der Waals surface area contributed by atoms with Gasteiger partial charge >= 0.3 is 0 Å². The van der Waals surface area contributed by atoms with Crippen LogP contribution in [0.15, 0.2) is 30.3 Å². The van der Waals surface area contributed by atoms with Gasteiger partial charge in [-0.3, -0.25) is 14.6 Å². The highest BCUT2D eigenvalue weighted by Gasteiger charge is 2.23. The molecular formula is C25H31N3O2S. The van der Waals surface area contributed by atoms with Gasteiger partial charge in [-0.05, 0) is 56.0 Å². The summed E-state index contributed by atoms with van der Waals surface area (Å²) in [7, 11) is 0. The van der Waals surface area contributed by atoms with Gasteiger partial charge < -0.3 is 4.74 Å². The number of hydrogen-bond acceptors (Lipinski definition) is 5. The number of aryl methyl sites for hydroxylation is 4. The minimum atomic E-state index is 0.105. The van der Waals surface area contributed by atoms with Crippen molar-refractivity contribution in [2.75, 3.05) is 44.3 Å². The molecule has 31 heavy (non-hydrogen) atoms. The van der Waals surface area contributed by atoms with E-state index >= 15 is 0 Å². The highest BCUT2D eigenvalue weighted by molar-refractivity contribution is 7.22. The lowest BCUT2D eigenvalue weighted by molar-refractivity contribution is -0.118. The standard InChI is InChI=1S/C25H31N3O2S/c1-17-5-7-21(19(3)15-17)16-23(29)28(10-9-27-11-13-30-14-12-27)25-26-24-20(4)18(2)6-8-22(24)31-25/h5-8,15H,9-14,16H2,1-4H3. The molecule has 1 amide bonds. The fraction of sp³-hybridized carbons (Fsp3) is 0.440. The average molecular weight is 438 g/mol. The van der Waals surface area contributed by atoms with Crippen LogP contribution in [0.4, 0.5) is 5.13 Å². The van der Waals surface area contributed by atoms with Gasteiger partial charge in [0.25, 0.3) is 0 Å². The summed E-state index contributed by atoms with van der Waals surface area (Å²) < 4.78 is 6.61. The van der Waals surface area contributed by atoms with Gasteiger partial charge in [0.05, 0.1) is 29.9 Å². The number of carbonyl (C=O) groups excluding carboxylic acids is 1. The van der Waals surface area contributed by atoms with Crippen LogP contribution in [0.2, 0.25) is 0 Å². The largest absolute Gasteiger partial charge is 0.379 e. The number of amides is 1. The Morgan fingerprint density at radius 3 is 2.61 bits per heavy atom. The van der Waals surface area contributed by atoms with E-state index in [-0.39, 0.29) is 5.91 Å². The van der Waals surface area contributed by atoms with E-state index in [4.69, 9.17) is 9.72 Å². The van der Waals surface area contributed by atoms with Crippen molar-refractivity contribution in [3.05, 3.63) is 58.1 Å². The Bertz CT molecular complexity index is 1090. The second-order valence-corrected chi connectivity index (χ2v) is 9.47. The van der Waals surface area contributed by atoms with Crippen molar-refractivity contribution in [1.29, 1.82) is 0 Å². The van der Waals surface area contributed by atoms with Crippen molar-refractivity contribution in [1.82, 2.24) is 9.88 Å². The summed E-state index contributed by atoms with van der Waals surface area (Å²) in [5.74, 6) is 0.105. The predicted molar refractivity (Wildman–Crippen MR) is 128 cm³/mol. The zero-order chi connectivity index (χ0) is 22.0. The van der Waals surface area contributed by atoms with Crippen molar-refractivity contribution < 1.29 is 9.53 Å². The number of thiazole rings is 1. The van der Waals surface area contributed by atoms with E-state index in [1.54, 1.807) is 11.3 Å². The lowest BCUT2D eigenvalue weighted by atomic mass is 10.0. The first kappa shape index (κ1) is 21.9. The Balaban J connectivity index is 1.61. The molecule has 2 aromatic carbocycles. The van der Waals surface area contributed by atoms with Crippen LogP contribution in [0.5, 0.6) is 0 Å². The molecule has 0 unspecified atom stereocenters. The van der Waals surface area contributed by atoms with Crippen LogP contribution in [-0.2, 0) is 16.0 Å². The van der Waals surface area contributed by atoms with Crippen molar-refractivity contribution in [2.45, 2.75) is 34.1 Å². The molecule has 0 N–H and O–H groups in total. The number of rotatable bonds is 6. The predicted octanol–water partition coefficient (Wildman–Crippen LogP) is 4.44. The van der Waals surface area contributed by atoms with Gasteiger partial charge in [0.15, 0.2) is 5.13 Å². The van der Waals surface area contributed by atoms with Crippen LogP contribution in [-0.4, -0.2) is 55.2 Å². The minimum absolute atomic E-state index is 0.105. The third-order valence-corrected chi connectivity index (χ3v) is 7.23. The molecule has 0 radical (unpaired) electrons. The van der Waals surface area contributed by atoms with Gasteiger partial charge in [-0.2, -0.15) is 0 Å². The first-order valence-corrected chi connectivity index (χ1v) is 11.8. The van der Waals surface area contributed by atoms with Gasteiger partial charge in [0.2, 0.25) is 5.91 Å². The van der Waals surface area contributed by atoms with Gasteiger partial charge in [0, 0.05) is 26.2 Å². The molecule has 5 nitrogen and oxygen atoms in total. The minimum Gasteiger partial charge on any atom is -0.379 e. The molecule has 1 aromatic heterocycles. The normalized spacial score (nSPS) is 14.8. The monoisotopic (exact) mass is 437 g/mol. The van der Waals surface area contributed by atoms with Crippen LogP contribution >= 0.6 is 11.3 Å². The molecule has 2 heterocycles. The maximum atomic E-state index is 13.5. The molecule has 3 aromatic rings. The van der Waals surface area contributed by atoms with Crippen LogP contribution < -0.4 is 4.90 Å². The van der Waals surface area contributed by atoms with E-state index in [1.807, 2.05) is 4.90 Å². The number of ether oxygens (including phenoxy) is 1. The van der Waals surface area contributed by atoms with Crippen LogP contribution in [0.3, 0.4) is 0 Å². The van der Waals surface area contributed by atoms with Gasteiger partial charge in [0.1, 0.15) is 0 Å². The number of fused-ring (bicyclic) bond motifs is 1. The number of aromatic nitrogens is 1. The number of benzene rings is 2. The highest BCUT2D eigenvalue weighted by Crippen LogP contribution is 2.32. The average Bonchev–Trinajstić information content (AvgIpc) is 3.18. The van der Waals surface area contributed by atoms with Gasteiger partial charge in [-0.25, -0.2) is 4.98 Å². The van der Waals surface area contributed by atoms with Crippen molar-refractivity contribution in [3.8, 4) is 0 Å². The van der Waals surface area contributed by atoms with Crippen LogP contribution in [0.25, 0.3) is 10.2 Å². The Labute approximate surface area is 188 Å². The zero-order valence-electron chi connectivity index (χ0n) is 18.9. The molecule has 1 aliphatic heterocycles. The van der Waals surface area contributed by atoms with Crippen molar-refractivity contribution in [3.63, 3.8) is 0 Å². The first-order valence-electron chi connectivity index (χ1n) is 11.0. The Kier molecular flexibility index (Phi) is 6.70. The van der Waals surface area contributed by atoms with E-state index in [9.17, 15) is 4.79 Å².